The fourth-order valence-electron chi connectivity index (χ4n) is 3.66. The highest BCUT2D eigenvalue weighted by atomic mass is 32.2. The second-order valence-electron chi connectivity index (χ2n) is 10.2. The predicted molar refractivity (Wildman–Crippen MR) is 134 cm³/mol. The number of ether oxygens (including phenoxy) is 1. The van der Waals surface area contributed by atoms with E-state index in [0.29, 0.717) is 38.6 Å². The van der Waals surface area contributed by atoms with Crippen LogP contribution in [0.3, 0.4) is 0 Å². The van der Waals surface area contributed by atoms with Crippen LogP contribution in [0.15, 0.2) is 24.8 Å². The van der Waals surface area contributed by atoms with Gasteiger partial charge in [-0.3, -0.25) is 19.1 Å². The quantitative estimate of drug-likeness (QED) is 0.344. The molecule has 11 nitrogen and oxygen atoms in total. The molecule has 202 valence electrons. The molecular weight excluding hydrogens is 488 g/mol. The Kier molecular flexibility index (Phi) is 10.1. The van der Waals surface area contributed by atoms with Gasteiger partial charge in [0.2, 0.25) is 21.8 Å². The molecule has 0 aromatic rings. The molecule has 0 bridgehead atoms. The lowest BCUT2D eigenvalue weighted by Crippen LogP contribution is -2.54. The van der Waals surface area contributed by atoms with Crippen molar-refractivity contribution in [3.8, 4) is 0 Å². The summed E-state index contributed by atoms with van der Waals surface area (Å²) in [5.41, 5.74) is -0.720. The minimum atomic E-state index is -3.81. The lowest BCUT2D eigenvalue weighted by molar-refractivity contribution is -0.138. The second kappa shape index (κ2) is 12.4. The van der Waals surface area contributed by atoms with Crippen LogP contribution in [0, 0.1) is 5.92 Å². The van der Waals surface area contributed by atoms with Crippen LogP contribution in [-0.2, 0) is 29.1 Å². The van der Waals surface area contributed by atoms with Gasteiger partial charge in [-0.15, -0.1) is 6.58 Å². The Morgan fingerprint density at radius 3 is 2.39 bits per heavy atom. The van der Waals surface area contributed by atoms with Crippen molar-refractivity contribution in [3.63, 3.8) is 0 Å². The maximum absolute atomic E-state index is 13.1. The van der Waals surface area contributed by atoms with E-state index in [2.05, 4.69) is 21.9 Å². The van der Waals surface area contributed by atoms with Gasteiger partial charge in [-0.25, -0.2) is 13.2 Å². The first-order valence-electron chi connectivity index (χ1n) is 12.1. The number of hydrogen-bond acceptors (Lipinski definition) is 7. The van der Waals surface area contributed by atoms with Gasteiger partial charge in [0, 0.05) is 6.54 Å². The predicted octanol–water partition coefficient (Wildman–Crippen LogP) is 1.36. The molecule has 3 atom stereocenters. The second-order valence-corrected chi connectivity index (χ2v) is 12.1. The standard InChI is InChI=1S/C24H38N4O7S/c1-6-8-16(2)10-13-18(21(30)27-36(33,34)17-11-12-17)26-22(31)19-9-7-14-28(19)20(29)15-25-23(32)35-24(3,4)5/h6,10,13,16-19H,1,7-9,11-12,14-15H2,2-5H3,(H,25,32)(H,26,31)(H,27,30)/b13-10+/t16?,18?,19-/m0/s1. The third-order valence-corrected chi connectivity index (χ3v) is 7.45. The number of nitrogens with zero attached hydrogens (tertiary/aromatic N) is 1. The zero-order valence-corrected chi connectivity index (χ0v) is 22.2. The van der Waals surface area contributed by atoms with Crippen LogP contribution in [-0.4, -0.2) is 73.2 Å². The first-order valence-corrected chi connectivity index (χ1v) is 13.7. The molecule has 1 saturated carbocycles. The zero-order chi connectivity index (χ0) is 27.1. The minimum absolute atomic E-state index is 0.0122. The number of hydrogen-bond donors (Lipinski definition) is 3. The van der Waals surface area contributed by atoms with E-state index in [1.54, 1.807) is 32.9 Å². The summed E-state index contributed by atoms with van der Waals surface area (Å²) in [7, 11) is -3.81. The first-order chi connectivity index (χ1) is 16.7. The summed E-state index contributed by atoms with van der Waals surface area (Å²) in [5.74, 6) is -1.90. The van der Waals surface area contributed by atoms with Gasteiger partial charge in [-0.05, 0) is 58.8 Å². The van der Waals surface area contributed by atoms with Gasteiger partial charge in [0.05, 0.1) is 5.25 Å². The molecule has 36 heavy (non-hydrogen) atoms. The van der Waals surface area contributed by atoms with Crippen LogP contribution < -0.4 is 15.4 Å². The molecule has 3 N–H and O–H groups in total. The summed E-state index contributed by atoms with van der Waals surface area (Å²) >= 11 is 0. The van der Waals surface area contributed by atoms with E-state index in [9.17, 15) is 27.6 Å². The topological polar surface area (TPSA) is 151 Å². The Labute approximate surface area is 213 Å². The van der Waals surface area contributed by atoms with E-state index in [0.717, 1.165) is 0 Å². The van der Waals surface area contributed by atoms with Crippen molar-refractivity contribution < 1.29 is 32.3 Å². The maximum atomic E-state index is 13.1. The third-order valence-electron chi connectivity index (χ3n) is 5.62. The SMILES string of the molecule is C=CCC(C)/C=C/C(NC(=O)[C@@H]1CCCN1C(=O)CNC(=O)OC(C)(C)C)C(=O)NS(=O)(=O)C1CC1. The largest absolute Gasteiger partial charge is 0.444 e. The van der Waals surface area contributed by atoms with Crippen molar-refractivity contribution in [1.29, 1.82) is 0 Å². The van der Waals surface area contributed by atoms with Crippen molar-refractivity contribution in [2.24, 2.45) is 5.92 Å². The van der Waals surface area contributed by atoms with Crippen LogP contribution in [0.1, 0.15) is 59.8 Å². The van der Waals surface area contributed by atoms with E-state index < -0.39 is 56.8 Å². The summed E-state index contributed by atoms with van der Waals surface area (Å²) in [6, 6.07) is -2.09. The normalized spacial score (nSPS) is 19.9. The number of likely N-dealkylation sites (tertiary alicyclic amines) is 1. The van der Waals surface area contributed by atoms with Crippen LogP contribution in [0.4, 0.5) is 4.79 Å². The zero-order valence-electron chi connectivity index (χ0n) is 21.4. The Bertz CT molecular complexity index is 983. The smallest absolute Gasteiger partial charge is 0.408 e. The Hall–Kier alpha value is -2.89. The molecule has 2 aliphatic rings. The number of amides is 4. The number of rotatable bonds is 11. The molecule has 0 aromatic heterocycles. The average Bonchev–Trinajstić information content (AvgIpc) is 3.51. The van der Waals surface area contributed by atoms with Gasteiger partial charge in [0.1, 0.15) is 24.2 Å². The minimum Gasteiger partial charge on any atom is -0.444 e. The number of carbonyl (C=O) groups excluding carboxylic acids is 4. The van der Waals surface area contributed by atoms with Crippen molar-refractivity contribution >= 4 is 33.8 Å². The molecule has 1 aliphatic heterocycles. The number of nitrogens with one attached hydrogen (secondary N) is 3. The summed E-state index contributed by atoms with van der Waals surface area (Å²) in [4.78, 5) is 51.8. The van der Waals surface area contributed by atoms with Crippen LogP contribution in [0.5, 0.6) is 0 Å². The highest BCUT2D eigenvalue weighted by Gasteiger charge is 2.39. The van der Waals surface area contributed by atoms with E-state index in [1.165, 1.54) is 11.0 Å². The first kappa shape index (κ1) is 29.3. The maximum Gasteiger partial charge on any atom is 0.408 e. The molecule has 4 amide bonds. The highest BCUT2D eigenvalue weighted by Crippen LogP contribution is 2.27. The molecule has 0 spiro atoms. The molecule has 1 heterocycles. The molecule has 0 aromatic carbocycles. The Morgan fingerprint density at radius 2 is 1.81 bits per heavy atom. The molecule has 1 saturated heterocycles. The van der Waals surface area contributed by atoms with Gasteiger partial charge in [-0.2, -0.15) is 0 Å². The Morgan fingerprint density at radius 1 is 1.14 bits per heavy atom. The monoisotopic (exact) mass is 526 g/mol. The van der Waals surface area contributed by atoms with Gasteiger partial charge in [0.15, 0.2) is 0 Å². The summed E-state index contributed by atoms with van der Waals surface area (Å²) < 4.78 is 31.7. The molecule has 12 heteroatoms. The van der Waals surface area contributed by atoms with Gasteiger partial charge >= 0.3 is 6.09 Å². The van der Waals surface area contributed by atoms with Gasteiger partial charge in [0.25, 0.3) is 5.91 Å². The van der Waals surface area contributed by atoms with E-state index in [1.807, 2.05) is 6.92 Å². The van der Waals surface area contributed by atoms with Crippen LogP contribution in [0.2, 0.25) is 0 Å². The lowest BCUT2D eigenvalue weighted by atomic mass is 10.1. The molecule has 2 fully saturated rings. The molecular formula is C24H38N4O7S. The third kappa shape index (κ3) is 9.29. The van der Waals surface area contributed by atoms with Crippen LogP contribution in [0.25, 0.3) is 0 Å². The van der Waals surface area contributed by atoms with E-state index in [-0.39, 0.29) is 12.5 Å². The number of carbonyl (C=O) groups is 4. The van der Waals surface area contributed by atoms with Crippen molar-refractivity contribution in [2.75, 3.05) is 13.1 Å². The fraction of sp³-hybridized carbons (Fsp3) is 0.667. The van der Waals surface area contributed by atoms with E-state index in [4.69, 9.17) is 4.74 Å². The van der Waals surface area contributed by atoms with Crippen molar-refractivity contribution in [2.45, 2.75) is 82.7 Å². The van der Waals surface area contributed by atoms with Gasteiger partial charge in [-0.1, -0.05) is 25.2 Å². The van der Waals surface area contributed by atoms with E-state index >= 15 is 0 Å². The molecule has 2 rings (SSSR count). The van der Waals surface area contributed by atoms with Crippen molar-refractivity contribution in [3.05, 3.63) is 24.8 Å². The van der Waals surface area contributed by atoms with Crippen molar-refractivity contribution in [1.82, 2.24) is 20.3 Å². The number of allylic oxidation sites excluding steroid dienone is 2. The lowest BCUT2D eigenvalue weighted by Gasteiger charge is -2.26. The molecule has 1 aliphatic carbocycles. The van der Waals surface area contributed by atoms with Gasteiger partial charge < -0.3 is 20.3 Å². The fourth-order valence-corrected chi connectivity index (χ4v) is 4.99. The number of sulfonamides is 1. The highest BCUT2D eigenvalue weighted by molar-refractivity contribution is 7.90. The van der Waals surface area contributed by atoms with Crippen LogP contribution >= 0.6 is 0 Å². The summed E-state index contributed by atoms with van der Waals surface area (Å²) in [6.07, 6.45) is 6.67. The summed E-state index contributed by atoms with van der Waals surface area (Å²) in [5, 5.41) is 4.38. The average molecular weight is 527 g/mol. The summed E-state index contributed by atoms with van der Waals surface area (Å²) in [6.45, 7) is 10.6. The number of alkyl carbamates (subject to hydrolysis) is 1. The molecule has 0 radical (unpaired) electrons. The Balaban J connectivity index is 2.06. The molecule has 2 unspecified atom stereocenters.